The van der Waals surface area contributed by atoms with Gasteiger partial charge in [0.25, 0.3) is 5.91 Å². The molecule has 142 valence electrons. The molecule has 27 heavy (non-hydrogen) atoms. The van der Waals surface area contributed by atoms with E-state index < -0.39 is 10.0 Å². The first kappa shape index (κ1) is 18.9. The Hall–Kier alpha value is -2.84. The number of nitrogens with one attached hydrogen (secondary N) is 2. The van der Waals surface area contributed by atoms with Gasteiger partial charge in [0, 0.05) is 24.0 Å². The van der Waals surface area contributed by atoms with Crippen molar-refractivity contribution in [1.29, 1.82) is 0 Å². The van der Waals surface area contributed by atoms with Crippen molar-refractivity contribution in [3.8, 4) is 0 Å². The Morgan fingerprint density at radius 1 is 1.07 bits per heavy atom. The third kappa shape index (κ3) is 4.47. The van der Waals surface area contributed by atoms with Crippen molar-refractivity contribution in [2.24, 2.45) is 7.05 Å². The van der Waals surface area contributed by atoms with Gasteiger partial charge in [-0.15, -0.1) is 0 Å². The number of rotatable bonds is 7. The molecule has 0 aliphatic heterocycles. The Bertz CT molecular complexity index is 1020. The highest BCUT2D eigenvalue weighted by Crippen LogP contribution is 2.12. The van der Waals surface area contributed by atoms with Crippen LogP contribution in [0.4, 0.5) is 0 Å². The molecule has 0 saturated heterocycles. The highest BCUT2D eigenvalue weighted by Gasteiger charge is 2.15. The number of furan rings is 1. The Morgan fingerprint density at radius 3 is 2.41 bits per heavy atom. The van der Waals surface area contributed by atoms with E-state index in [1.165, 1.54) is 30.5 Å². The summed E-state index contributed by atoms with van der Waals surface area (Å²) in [6, 6.07) is 13.1. The minimum absolute atomic E-state index is 0.0631. The van der Waals surface area contributed by atoms with E-state index in [1.807, 2.05) is 30.7 Å². The summed E-state index contributed by atoms with van der Waals surface area (Å²) in [5, 5.41) is 2.83. The van der Waals surface area contributed by atoms with E-state index in [4.69, 9.17) is 4.42 Å². The molecule has 0 aliphatic rings. The number of amides is 1. The number of sulfonamides is 1. The van der Waals surface area contributed by atoms with Crippen LogP contribution in [-0.4, -0.2) is 18.9 Å². The summed E-state index contributed by atoms with van der Waals surface area (Å²) in [6.45, 7) is 2.45. The van der Waals surface area contributed by atoms with E-state index >= 15 is 0 Å². The fourth-order valence-electron chi connectivity index (χ4n) is 2.57. The molecule has 0 atom stereocenters. The van der Waals surface area contributed by atoms with Crippen LogP contribution in [0.25, 0.3) is 0 Å². The van der Waals surface area contributed by atoms with E-state index in [9.17, 15) is 13.2 Å². The monoisotopic (exact) mass is 387 g/mol. The van der Waals surface area contributed by atoms with Crippen molar-refractivity contribution in [3.05, 3.63) is 77.5 Å². The quantitative estimate of drug-likeness (QED) is 0.651. The summed E-state index contributed by atoms with van der Waals surface area (Å²) >= 11 is 0. The molecule has 0 bridgehead atoms. The zero-order chi connectivity index (χ0) is 19.4. The van der Waals surface area contributed by atoms with E-state index in [0.717, 1.165) is 11.4 Å². The second-order valence-corrected chi connectivity index (χ2v) is 7.90. The lowest BCUT2D eigenvalue weighted by molar-refractivity contribution is 0.0950. The number of carbonyl (C=O) groups is 1. The van der Waals surface area contributed by atoms with Crippen LogP contribution in [0.15, 0.2) is 64.1 Å². The Labute approximate surface area is 158 Å². The van der Waals surface area contributed by atoms with Gasteiger partial charge in [-0.1, -0.05) is 0 Å². The van der Waals surface area contributed by atoms with Gasteiger partial charge >= 0.3 is 0 Å². The molecule has 0 saturated carbocycles. The first-order valence-corrected chi connectivity index (χ1v) is 9.86. The molecule has 3 rings (SSSR count). The van der Waals surface area contributed by atoms with E-state index in [0.29, 0.717) is 17.9 Å². The van der Waals surface area contributed by atoms with Crippen LogP contribution in [0.1, 0.15) is 27.5 Å². The molecular weight excluding hydrogens is 366 g/mol. The predicted octanol–water partition coefficient (Wildman–Crippen LogP) is 2.34. The van der Waals surface area contributed by atoms with Gasteiger partial charge < -0.3 is 14.3 Å². The summed E-state index contributed by atoms with van der Waals surface area (Å²) in [7, 11) is -1.75. The molecule has 2 aromatic heterocycles. The SMILES string of the molecule is Cc1ccc(CNC(=O)c2ccc(S(=O)(=O)NCc3ccco3)cc2)n1C. The maximum atomic E-state index is 12.3. The van der Waals surface area contributed by atoms with E-state index in [1.54, 1.807) is 12.1 Å². The normalized spacial score (nSPS) is 11.5. The van der Waals surface area contributed by atoms with Crippen molar-refractivity contribution < 1.29 is 17.6 Å². The van der Waals surface area contributed by atoms with Gasteiger partial charge in [0.1, 0.15) is 5.76 Å². The van der Waals surface area contributed by atoms with Gasteiger partial charge in [-0.2, -0.15) is 0 Å². The van der Waals surface area contributed by atoms with Gasteiger partial charge in [0.05, 0.1) is 24.2 Å². The van der Waals surface area contributed by atoms with Crippen LogP contribution in [0, 0.1) is 6.92 Å². The molecule has 0 spiro atoms. The predicted molar refractivity (Wildman–Crippen MR) is 100 cm³/mol. The van der Waals surface area contributed by atoms with E-state index in [-0.39, 0.29) is 17.3 Å². The molecule has 2 heterocycles. The van der Waals surface area contributed by atoms with Crippen molar-refractivity contribution in [2.75, 3.05) is 0 Å². The standard InChI is InChI=1S/C19H21N3O4S/c1-14-5-8-16(22(14)2)12-20-19(23)15-6-9-18(10-7-15)27(24,25)21-13-17-4-3-11-26-17/h3-11,21H,12-13H2,1-2H3,(H,20,23). The lowest BCUT2D eigenvalue weighted by Crippen LogP contribution is -2.25. The highest BCUT2D eigenvalue weighted by atomic mass is 32.2. The Morgan fingerprint density at radius 2 is 1.81 bits per heavy atom. The van der Waals surface area contributed by atoms with Crippen LogP contribution >= 0.6 is 0 Å². The minimum atomic E-state index is -3.68. The molecule has 1 amide bonds. The number of hydrogen-bond acceptors (Lipinski definition) is 4. The average molecular weight is 387 g/mol. The fourth-order valence-corrected chi connectivity index (χ4v) is 3.56. The molecule has 0 radical (unpaired) electrons. The van der Waals surface area contributed by atoms with Crippen LogP contribution in [0.5, 0.6) is 0 Å². The van der Waals surface area contributed by atoms with Crippen molar-refractivity contribution in [3.63, 3.8) is 0 Å². The van der Waals surface area contributed by atoms with E-state index in [2.05, 4.69) is 10.0 Å². The van der Waals surface area contributed by atoms with Gasteiger partial charge in [-0.3, -0.25) is 4.79 Å². The fraction of sp³-hybridized carbons (Fsp3) is 0.211. The summed E-state index contributed by atoms with van der Waals surface area (Å²) in [5.74, 6) is 0.256. The third-order valence-corrected chi connectivity index (χ3v) is 5.77. The highest BCUT2D eigenvalue weighted by molar-refractivity contribution is 7.89. The van der Waals surface area contributed by atoms with Crippen LogP contribution in [-0.2, 0) is 30.2 Å². The molecule has 7 nitrogen and oxygen atoms in total. The topological polar surface area (TPSA) is 93.3 Å². The minimum Gasteiger partial charge on any atom is -0.468 e. The molecule has 1 aromatic carbocycles. The maximum absolute atomic E-state index is 12.3. The number of aromatic nitrogens is 1. The number of carbonyl (C=O) groups excluding carboxylic acids is 1. The smallest absolute Gasteiger partial charge is 0.251 e. The number of benzene rings is 1. The molecular formula is C19H21N3O4S. The van der Waals surface area contributed by atoms with Gasteiger partial charge in [-0.25, -0.2) is 13.1 Å². The molecule has 2 N–H and O–H groups in total. The van der Waals surface area contributed by atoms with Crippen molar-refractivity contribution in [2.45, 2.75) is 24.9 Å². The van der Waals surface area contributed by atoms with Crippen LogP contribution in [0.2, 0.25) is 0 Å². The van der Waals surface area contributed by atoms with Crippen LogP contribution in [0.3, 0.4) is 0 Å². The van der Waals surface area contributed by atoms with Gasteiger partial charge in [0.2, 0.25) is 10.0 Å². The second-order valence-electron chi connectivity index (χ2n) is 6.14. The van der Waals surface area contributed by atoms with Crippen molar-refractivity contribution in [1.82, 2.24) is 14.6 Å². The van der Waals surface area contributed by atoms with Crippen LogP contribution < -0.4 is 10.0 Å². The average Bonchev–Trinajstić information content (AvgIpc) is 3.29. The summed E-state index contributed by atoms with van der Waals surface area (Å²) in [5.41, 5.74) is 2.49. The number of nitrogens with zero attached hydrogens (tertiary/aromatic N) is 1. The zero-order valence-electron chi connectivity index (χ0n) is 15.1. The molecule has 0 aliphatic carbocycles. The number of hydrogen-bond donors (Lipinski definition) is 2. The molecule has 0 unspecified atom stereocenters. The lowest BCUT2D eigenvalue weighted by atomic mass is 10.2. The van der Waals surface area contributed by atoms with Gasteiger partial charge in [-0.05, 0) is 55.5 Å². The Balaban J connectivity index is 1.61. The molecule has 8 heteroatoms. The maximum Gasteiger partial charge on any atom is 0.251 e. The lowest BCUT2D eigenvalue weighted by Gasteiger charge is -2.09. The molecule has 3 aromatic rings. The summed E-state index contributed by atoms with van der Waals surface area (Å²) in [4.78, 5) is 12.4. The zero-order valence-corrected chi connectivity index (χ0v) is 15.9. The second kappa shape index (κ2) is 7.81. The van der Waals surface area contributed by atoms with Gasteiger partial charge in [0.15, 0.2) is 0 Å². The largest absolute Gasteiger partial charge is 0.468 e. The third-order valence-electron chi connectivity index (χ3n) is 4.35. The number of aryl methyl sites for hydroxylation is 1. The first-order chi connectivity index (χ1) is 12.9. The first-order valence-electron chi connectivity index (χ1n) is 8.38. The summed E-state index contributed by atoms with van der Waals surface area (Å²) < 4.78 is 34.2. The van der Waals surface area contributed by atoms with Crippen molar-refractivity contribution >= 4 is 15.9 Å². The summed E-state index contributed by atoms with van der Waals surface area (Å²) in [6.07, 6.45) is 1.48. The Kier molecular flexibility index (Phi) is 5.48. The molecule has 0 fully saturated rings.